The van der Waals surface area contributed by atoms with Gasteiger partial charge in [-0.15, -0.1) is 0 Å². The van der Waals surface area contributed by atoms with Crippen molar-refractivity contribution in [3.8, 4) is 5.75 Å². The summed E-state index contributed by atoms with van der Waals surface area (Å²) in [5.41, 5.74) is 1.20. The molecule has 0 amide bonds. The Morgan fingerprint density at radius 2 is 1.78 bits per heavy atom. The Bertz CT molecular complexity index is 487. The topological polar surface area (TPSA) is 57.6 Å². The Morgan fingerprint density at radius 1 is 1.22 bits per heavy atom. The Labute approximate surface area is 108 Å². The van der Waals surface area contributed by atoms with Crippen LogP contribution in [0.25, 0.3) is 0 Å². The van der Waals surface area contributed by atoms with Crippen LogP contribution in [0.3, 0.4) is 0 Å². The predicted octanol–water partition coefficient (Wildman–Crippen LogP) is 1.61. The zero-order valence-corrected chi connectivity index (χ0v) is 11.4. The van der Waals surface area contributed by atoms with Gasteiger partial charge in [0, 0.05) is 13.1 Å². The quantitative estimate of drug-likeness (QED) is 0.907. The number of hydrogen-bond donors (Lipinski definition) is 1. The summed E-state index contributed by atoms with van der Waals surface area (Å²) in [5, 5.41) is 9.21. The zero-order chi connectivity index (χ0) is 13.2. The molecule has 0 spiro atoms. The molecule has 0 saturated carbocycles. The molecule has 5 heteroatoms. The van der Waals surface area contributed by atoms with Crippen molar-refractivity contribution in [3.63, 3.8) is 0 Å². The number of sulfonamides is 1. The smallest absolute Gasteiger partial charge is 0.211 e. The summed E-state index contributed by atoms with van der Waals surface area (Å²) in [6.45, 7) is 1.25. The van der Waals surface area contributed by atoms with E-state index in [0.29, 0.717) is 19.0 Å². The summed E-state index contributed by atoms with van der Waals surface area (Å²) in [6, 6.07) is 7.25. The third-order valence-corrected chi connectivity index (χ3v) is 4.81. The van der Waals surface area contributed by atoms with Crippen molar-refractivity contribution in [2.24, 2.45) is 5.92 Å². The molecule has 2 rings (SSSR count). The molecule has 18 heavy (non-hydrogen) atoms. The van der Waals surface area contributed by atoms with Crippen LogP contribution in [0, 0.1) is 5.92 Å². The molecule has 1 heterocycles. The van der Waals surface area contributed by atoms with E-state index in [1.807, 2.05) is 12.1 Å². The van der Waals surface area contributed by atoms with E-state index in [1.54, 1.807) is 16.4 Å². The Morgan fingerprint density at radius 3 is 2.28 bits per heavy atom. The molecule has 0 unspecified atom stereocenters. The van der Waals surface area contributed by atoms with E-state index in [-0.39, 0.29) is 5.75 Å². The Kier molecular flexibility index (Phi) is 3.92. The van der Waals surface area contributed by atoms with Crippen molar-refractivity contribution in [2.75, 3.05) is 19.3 Å². The second-order valence-electron chi connectivity index (χ2n) is 4.98. The molecule has 0 bridgehead atoms. The average Bonchev–Trinajstić information content (AvgIpc) is 2.32. The van der Waals surface area contributed by atoms with Gasteiger partial charge in [0.2, 0.25) is 10.0 Å². The summed E-state index contributed by atoms with van der Waals surface area (Å²) in [4.78, 5) is 0. The van der Waals surface area contributed by atoms with Crippen LogP contribution in [0.2, 0.25) is 0 Å². The van der Waals surface area contributed by atoms with Crippen molar-refractivity contribution in [1.29, 1.82) is 0 Å². The van der Waals surface area contributed by atoms with Gasteiger partial charge in [0.05, 0.1) is 6.26 Å². The maximum absolute atomic E-state index is 11.4. The summed E-state index contributed by atoms with van der Waals surface area (Å²) in [5.74, 6) is 0.818. The molecule has 0 aromatic heterocycles. The molecule has 1 aromatic carbocycles. The minimum atomic E-state index is -3.03. The van der Waals surface area contributed by atoms with E-state index in [0.717, 1.165) is 19.3 Å². The SMILES string of the molecule is CS(=O)(=O)N1CCC(Cc2ccc(O)cc2)CC1. The lowest BCUT2D eigenvalue weighted by Gasteiger charge is -2.30. The Balaban J connectivity index is 1.89. The second kappa shape index (κ2) is 5.28. The molecular formula is C13H19NO3S. The minimum absolute atomic E-state index is 0.283. The highest BCUT2D eigenvalue weighted by Gasteiger charge is 2.24. The van der Waals surface area contributed by atoms with Gasteiger partial charge in [-0.2, -0.15) is 0 Å². The van der Waals surface area contributed by atoms with E-state index in [1.165, 1.54) is 11.8 Å². The molecule has 0 aliphatic carbocycles. The van der Waals surface area contributed by atoms with E-state index in [9.17, 15) is 13.5 Å². The lowest BCUT2D eigenvalue weighted by Crippen LogP contribution is -2.38. The predicted molar refractivity (Wildman–Crippen MR) is 71.0 cm³/mol. The summed E-state index contributed by atoms with van der Waals surface area (Å²) >= 11 is 0. The van der Waals surface area contributed by atoms with Gasteiger partial charge in [-0.1, -0.05) is 12.1 Å². The highest BCUT2D eigenvalue weighted by molar-refractivity contribution is 7.88. The highest BCUT2D eigenvalue weighted by atomic mass is 32.2. The molecule has 1 N–H and O–H groups in total. The molecule has 100 valence electrons. The number of benzene rings is 1. The normalized spacial score (nSPS) is 18.9. The number of nitrogens with zero attached hydrogens (tertiary/aromatic N) is 1. The van der Waals surface area contributed by atoms with E-state index in [2.05, 4.69) is 0 Å². The number of phenolic OH excluding ortho intramolecular Hbond substituents is 1. The summed E-state index contributed by atoms with van der Waals surface area (Å²) in [6.07, 6.45) is 4.05. The van der Waals surface area contributed by atoms with Crippen molar-refractivity contribution >= 4 is 10.0 Å². The van der Waals surface area contributed by atoms with Gasteiger partial charge < -0.3 is 5.11 Å². The fourth-order valence-corrected chi connectivity index (χ4v) is 3.28. The van der Waals surface area contributed by atoms with Crippen molar-refractivity contribution in [1.82, 2.24) is 4.31 Å². The van der Waals surface area contributed by atoms with Gasteiger partial charge >= 0.3 is 0 Å². The summed E-state index contributed by atoms with van der Waals surface area (Å²) in [7, 11) is -3.03. The van der Waals surface area contributed by atoms with Gasteiger partial charge in [-0.05, 0) is 42.9 Å². The third-order valence-electron chi connectivity index (χ3n) is 3.50. The van der Waals surface area contributed by atoms with Crippen molar-refractivity contribution in [2.45, 2.75) is 19.3 Å². The zero-order valence-electron chi connectivity index (χ0n) is 10.5. The third kappa shape index (κ3) is 3.46. The Hall–Kier alpha value is -1.07. The molecule has 4 nitrogen and oxygen atoms in total. The summed E-state index contributed by atoms with van der Waals surface area (Å²) < 4.78 is 24.3. The number of hydrogen-bond acceptors (Lipinski definition) is 3. The lowest BCUT2D eigenvalue weighted by molar-refractivity contribution is 0.274. The van der Waals surface area contributed by atoms with Gasteiger partial charge in [0.15, 0.2) is 0 Å². The molecule has 1 saturated heterocycles. The fraction of sp³-hybridized carbons (Fsp3) is 0.538. The monoisotopic (exact) mass is 269 g/mol. The molecule has 1 aromatic rings. The maximum atomic E-state index is 11.4. The fourth-order valence-electron chi connectivity index (χ4n) is 2.41. The van der Waals surface area contributed by atoms with Crippen LogP contribution >= 0.6 is 0 Å². The lowest BCUT2D eigenvalue weighted by atomic mass is 9.91. The largest absolute Gasteiger partial charge is 0.508 e. The molecule has 1 fully saturated rings. The van der Waals surface area contributed by atoms with Gasteiger partial charge in [-0.3, -0.25) is 0 Å². The van der Waals surface area contributed by atoms with Crippen LogP contribution in [-0.4, -0.2) is 37.2 Å². The molecular weight excluding hydrogens is 250 g/mol. The van der Waals surface area contributed by atoms with Gasteiger partial charge in [-0.25, -0.2) is 12.7 Å². The second-order valence-corrected chi connectivity index (χ2v) is 6.96. The van der Waals surface area contributed by atoms with E-state index >= 15 is 0 Å². The number of rotatable bonds is 3. The number of piperidine rings is 1. The van der Waals surface area contributed by atoms with Crippen molar-refractivity contribution in [3.05, 3.63) is 29.8 Å². The van der Waals surface area contributed by atoms with Crippen LogP contribution in [0.1, 0.15) is 18.4 Å². The first kappa shape index (κ1) is 13.4. The van der Waals surface area contributed by atoms with Crippen molar-refractivity contribution < 1.29 is 13.5 Å². The number of aromatic hydroxyl groups is 1. The van der Waals surface area contributed by atoms with E-state index in [4.69, 9.17) is 0 Å². The first-order chi connectivity index (χ1) is 8.45. The van der Waals surface area contributed by atoms with Crippen LogP contribution in [0.5, 0.6) is 5.75 Å². The first-order valence-electron chi connectivity index (χ1n) is 6.18. The molecule has 0 atom stereocenters. The standard InChI is InChI=1S/C13H19NO3S/c1-18(16,17)14-8-6-12(7-9-14)10-11-2-4-13(15)5-3-11/h2-5,12,15H,6-10H2,1H3. The van der Waals surface area contributed by atoms with Gasteiger partial charge in [0.1, 0.15) is 5.75 Å². The van der Waals surface area contributed by atoms with Crippen LogP contribution in [0.15, 0.2) is 24.3 Å². The van der Waals surface area contributed by atoms with E-state index < -0.39 is 10.0 Å². The minimum Gasteiger partial charge on any atom is -0.508 e. The molecule has 1 aliphatic rings. The highest BCUT2D eigenvalue weighted by Crippen LogP contribution is 2.23. The average molecular weight is 269 g/mol. The van der Waals surface area contributed by atoms with Gasteiger partial charge in [0.25, 0.3) is 0 Å². The van der Waals surface area contributed by atoms with Crippen LogP contribution < -0.4 is 0 Å². The maximum Gasteiger partial charge on any atom is 0.211 e. The molecule has 0 radical (unpaired) electrons. The molecule has 1 aliphatic heterocycles. The number of phenols is 1. The van der Waals surface area contributed by atoms with Crippen LogP contribution in [-0.2, 0) is 16.4 Å². The first-order valence-corrected chi connectivity index (χ1v) is 8.03. The van der Waals surface area contributed by atoms with Crippen LogP contribution in [0.4, 0.5) is 0 Å².